The molecular formula is C14H19N5. The molecule has 0 aliphatic carbocycles. The average Bonchev–Trinajstić information content (AvgIpc) is 2.76. The van der Waals surface area contributed by atoms with Gasteiger partial charge in [-0.2, -0.15) is 5.10 Å². The highest BCUT2D eigenvalue weighted by atomic mass is 15.3. The lowest BCUT2D eigenvalue weighted by molar-refractivity contribution is 0.277. The number of nitrogens with zero attached hydrogens (tertiary/aromatic N) is 3. The molecule has 19 heavy (non-hydrogen) atoms. The van der Waals surface area contributed by atoms with Crippen molar-refractivity contribution in [3.8, 4) is 11.4 Å². The first-order chi connectivity index (χ1) is 9.42. The first-order valence-corrected chi connectivity index (χ1v) is 6.81. The average molecular weight is 257 g/mol. The summed E-state index contributed by atoms with van der Waals surface area (Å²) < 4.78 is 0. The Bertz CT molecular complexity index is 500. The fraction of sp³-hybridized carbons (Fsp3) is 0.429. The molecule has 0 unspecified atom stereocenters. The van der Waals surface area contributed by atoms with Gasteiger partial charge in [0.1, 0.15) is 5.82 Å². The van der Waals surface area contributed by atoms with E-state index >= 15 is 0 Å². The lowest BCUT2D eigenvalue weighted by Gasteiger charge is -2.17. The molecule has 2 heterocycles. The molecule has 2 aromatic rings. The van der Waals surface area contributed by atoms with E-state index in [1.54, 1.807) is 0 Å². The van der Waals surface area contributed by atoms with E-state index in [1.165, 1.54) is 6.42 Å². The lowest BCUT2D eigenvalue weighted by atomic mass is 10.2. The van der Waals surface area contributed by atoms with Gasteiger partial charge in [0.2, 0.25) is 0 Å². The summed E-state index contributed by atoms with van der Waals surface area (Å²) in [5.41, 5.74) is 1.06. The van der Waals surface area contributed by atoms with E-state index in [1.807, 2.05) is 30.3 Å². The summed E-state index contributed by atoms with van der Waals surface area (Å²) in [4.78, 5) is 6.99. The summed E-state index contributed by atoms with van der Waals surface area (Å²) in [6.45, 7) is 5.21. The molecule has 0 spiro atoms. The van der Waals surface area contributed by atoms with Gasteiger partial charge in [-0.15, -0.1) is 0 Å². The van der Waals surface area contributed by atoms with Crippen LogP contribution < -0.4 is 5.32 Å². The second-order valence-electron chi connectivity index (χ2n) is 4.85. The number of hydrogen-bond acceptors (Lipinski definition) is 4. The summed E-state index contributed by atoms with van der Waals surface area (Å²) in [7, 11) is 0. The first kappa shape index (κ1) is 12.3. The summed E-state index contributed by atoms with van der Waals surface area (Å²) in [5, 5.41) is 10.8. The van der Waals surface area contributed by atoms with Crippen LogP contribution in [0.15, 0.2) is 30.3 Å². The van der Waals surface area contributed by atoms with Gasteiger partial charge in [0.15, 0.2) is 5.82 Å². The molecule has 5 nitrogen and oxygen atoms in total. The SMILES string of the molecule is c1ccc(-c2n[nH]c(CN3CCCNCC3)n2)cc1. The van der Waals surface area contributed by atoms with Crippen molar-refractivity contribution >= 4 is 0 Å². The fourth-order valence-corrected chi connectivity index (χ4v) is 2.35. The fourth-order valence-electron chi connectivity index (χ4n) is 2.35. The van der Waals surface area contributed by atoms with E-state index in [0.717, 1.165) is 49.9 Å². The van der Waals surface area contributed by atoms with Crippen LogP contribution in [-0.2, 0) is 6.54 Å². The standard InChI is InChI=1S/C14H19N5/c1-2-5-12(6-3-1)14-16-13(17-18-14)11-19-9-4-7-15-8-10-19/h1-3,5-6,15H,4,7-11H2,(H,16,17,18). The Balaban J connectivity index is 1.68. The highest BCUT2D eigenvalue weighted by molar-refractivity contribution is 5.53. The van der Waals surface area contributed by atoms with Crippen molar-refractivity contribution in [1.29, 1.82) is 0 Å². The van der Waals surface area contributed by atoms with Gasteiger partial charge in [-0.3, -0.25) is 10.00 Å². The molecule has 5 heteroatoms. The minimum absolute atomic E-state index is 0.781. The number of aromatic nitrogens is 3. The third-order valence-electron chi connectivity index (χ3n) is 3.37. The van der Waals surface area contributed by atoms with Crippen LogP contribution in [0.5, 0.6) is 0 Å². The summed E-state index contributed by atoms with van der Waals surface area (Å²) in [6.07, 6.45) is 1.19. The molecule has 1 saturated heterocycles. The van der Waals surface area contributed by atoms with Crippen LogP contribution in [0, 0.1) is 0 Å². The Kier molecular flexibility index (Phi) is 3.86. The second-order valence-corrected chi connectivity index (χ2v) is 4.85. The Morgan fingerprint density at radius 2 is 2.00 bits per heavy atom. The van der Waals surface area contributed by atoms with Gasteiger partial charge in [0.25, 0.3) is 0 Å². The smallest absolute Gasteiger partial charge is 0.181 e. The quantitative estimate of drug-likeness (QED) is 0.869. The third kappa shape index (κ3) is 3.19. The molecule has 1 aliphatic rings. The summed E-state index contributed by atoms with van der Waals surface area (Å²) in [5.74, 6) is 1.73. The number of nitrogens with one attached hydrogen (secondary N) is 2. The molecule has 0 radical (unpaired) electrons. The molecule has 3 rings (SSSR count). The molecule has 100 valence electrons. The highest BCUT2D eigenvalue weighted by Crippen LogP contribution is 2.14. The second kappa shape index (κ2) is 5.95. The van der Waals surface area contributed by atoms with Crippen molar-refractivity contribution in [3.05, 3.63) is 36.2 Å². The van der Waals surface area contributed by atoms with Crippen molar-refractivity contribution in [2.24, 2.45) is 0 Å². The topological polar surface area (TPSA) is 56.8 Å². The van der Waals surface area contributed by atoms with Gasteiger partial charge in [-0.1, -0.05) is 30.3 Å². The molecule has 0 saturated carbocycles. The molecule has 0 atom stereocenters. The molecule has 0 amide bonds. The number of benzene rings is 1. The normalized spacial score (nSPS) is 17.3. The maximum Gasteiger partial charge on any atom is 0.181 e. The molecule has 1 aliphatic heterocycles. The Hall–Kier alpha value is -1.72. The molecule has 1 aromatic carbocycles. The van der Waals surface area contributed by atoms with Crippen LogP contribution >= 0.6 is 0 Å². The van der Waals surface area contributed by atoms with Gasteiger partial charge in [-0.25, -0.2) is 4.98 Å². The van der Waals surface area contributed by atoms with Crippen LogP contribution in [0.1, 0.15) is 12.2 Å². The third-order valence-corrected chi connectivity index (χ3v) is 3.37. The number of rotatable bonds is 3. The molecule has 2 N–H and O–H groups in total. The predicted octanol–water partition coefficient (Wildman–Crippen LogP) is 1.27. The number of aromatic amines is 1. The molecule has 1 fully saturated rings. The van der Waals surface area contributed by atoms with E-state index in [-0.39, 0.29) is 0 Å². The van der Waals surface area contributed by atoms with E-state index in [0.29, 0.717) is 0 Å². The maximum atomic E-state index is 4.58. The first-order valence-electron chi connectivity index (χ1n) is 6.81. The number of H-pyrrole nitrogens is 1. The van der Waals surface area contributed by atoms with Crippen molar-refractivity contribution in [2.45, 2.75) is 13.0 Å². The van der Waals surface area contributed by atoms with Gasteiger partial charge in [-0.05, 0) is 19.5 Å². The maximum absolute atomic E-state index is 4.58. The summed E-state index contributed by atoms with van der Waals surface area (Å²) >= 11 is 0. The van der Waals surface area contributed by atoms with Crippen LogP contribution in [0.4, 0.5) is 0 Å². The van der Waals surface area contributed by atoms with E-state index < -0.39 is 0 Å². The van der Waals surface area contributed by atoms with Crippen molar-refractivity contribution in [1.82, 2.24) is 25.4 Å². The zero-order valence-corrected chi connectivity index (χ0v) is 11.0. The summed E-state index contributed by atoms with van der Waals surface area (Å²) in [6, 6.07) is 10.1. The van der Waals surface area contributed by atoms with Gasteiger partial charge >= 0.3 is 0 Å². The van der Waals surface area contributed by atoms with Crippen molar-refractivity contribution in [2.75, 3.05) is 26.2 Å². The molecule has 0 bridgehead atoms. The van der Waals surface area contributed by atoms with E-state index in [2.05, 4.69) is 25.4 Å². The molecular weight excluding hydrogens is 238 g/mol. The van der Waals surface area contributed by atoms with Gasteiger partial charge < -0.3 is 5.32 Å². The van der Waals surface area contributed by atoms with Crippen LogP contribution in [0.25, 0.3) is 11.4 Å². The van der Waals surface area contributed by atoms with E-state index in [4.69, 9.17) is 0 Å². The predicted molar refractivity (Wildman–Crippen MR) is 74.6 cm³/mol. The van der Waals surface area contributed by atoms with Crippen LogP contribution in [-0.4, -0.2) is 46.3 Å². The Morgan fingerprint density at radius 1 is 1.11 bits per heavy atom. The van der Waals surface area contributed by atoms with Gasteiger partial charge in [0.05, 0.1) is 6.54 Å². The monoisotopic (exact) mass is 257 g/mol. The van der Waals surface area contributed by atoms with Crippen LogP contribution in [0.3, 0.4) is 0 Å². The zero-order valence-electron chi connectivity index (χ0n) is 11.0. The minimum atomic E-state index is 0.781. The number of hydrogen-bond donors (Lipinski definition) is 2. The van der Waals surface area contributed by atoms with Crippen molar-refractivity contribution < 1.29 is 0 Å². The van der Waals surface area contributed by atoms with Crippen LogP contribution in [0.2, 0.25) is 0 Å². The minimum Gasteiger partial charge on any atom is -0.315 e. The lowest BCUT2D eigenvalue weighted by Crippen LogP contribution is -2.28. The Labute approximate surface area is 113 Å². The highest BCUT2D eigenvalue weighted by Gasteiger charge is 2.12. The zero-order chi connectivity index (χ0) is 12.9. The van der Waals surface area contributed by atoms with E-state index in [9.17, 15) is 0 Å². The van der Waals surface area contributed by atoms with Crippen molar-refractivity contribution in [3.63, 3.8) is 0 Å². The van der Waals surface area contributed by atoms with Gasteiger partial charge in [0, 0.05) is 18.7 Å². The largest absolute Gasteiger partial charge is 0.315 e. The molecule has 1 aromatic heterocycles. The Morgan fingerprint density at radius 3 is 2.89 bits per heavy atom.